The lowest BCUT2D eigenvalue weighted by molar-refractivity contribution is -0.134. The SMILES string of the molecule is NC(=O)N1CCC(CC(=O)N2CCC(C3CCN(C4c5cc(Br)c(N)cc5CCc5cc(Br)cnc54)CC3)CC2)CC1. The van der Waals surface area contributed by atoms with Crippen molar-refractivity contribution in [1.82, 2.24) is 19.7 Å². The number of hydrogen-bond acceptors (Lipinski definition) is 5. The summed E-state index contributed by atoms with van der Waals surface area (Å²) >= 11 is 7.34. The van der Waals surface area contributed by atoms with Gasteiger partial charge in [0.1, 0.15) is 0 Å². The smallest absolute Gasteiger partial charge is 0.314 e. The van der Waals surface area contributed by atoms with Gasteiger partial charge in [-0.25, -0.2) is 4.79 Å². The van der Waals surface area contributed by atoms with Crippen LogP contribution in [0.25, 0.3) is 0 Å². The van der Waals surface area contributed by atoms with E-state index in [1.54, 1.807) is 4.90 Å². The van der Waals surface area contributed by atoms with Crippen LogP contribution in [0.1, 0.15) is 73.4 Å². The Morgan fingerprint density at radius 1 is 0.833 bits per heavy atom. The Labute approximate surface area is 265 Å². The molecule has 10 heteroatoms. The predicted octanol–water partition coefficient (Wildman–Crippen LogP) is 5.51. The molecule has 0 bridgehead atoms. The number of aromatic nitrogens is 1. The van der Waals surface area contributed by atoms with Gasteiger partial charge in [0.25, 0.3) is 0 Å². The van der Waals surface area contributed by atoms with Crippen molar-refractivity contribution in [3.05, 3.63) is 55.7 Å². The number of hydrogen-bond donors (Lipinski definition) is 2. The van der Waals surface area contributed by atoms with E-state index in [2.05, 4.69) is 59.9 Å². The predicted molar refractivity (Wildman–Crippen MR) is 172 cm³/mol. The molecule has 0 spiro atoms. The van der Waals surface area contributed by atoms with E-state index in [-0.39, 0.29) is 18.0 Å². The van der Waals surface area contributed by atoms with E-state index in [1.807, 2.05) is 6.20 Å². The van der Waals surface area contributed by atoms with Crippen LogP contribution in [-0.2, 0) is 17.6 Å². The molecule has 3 fully saturated rings. The third kappa shape index (κ3) is 6.36. The molecule has 1 aromatic heterocycles. The molecule has 3 saturated heterocycles. The molecule has 3 aliphatic heterocycles. The van der Waals surface area contributed by atoms with Gasteiger partial charge in [-0.1, -0.05) is 0 Å². The van der Waals surface area contributed by atoms with E-state index >= 15 is 0 Å². The minimum Gasteiger partial charge on any atom is -0.398 e. The minimum atomic E-state index is -0.347. The Kier molecular flexibility index (Phi) is 9.12. The zero-order valence-corrected chi connectivity index (χ0v) is 27.4. The highest BCUT2D eigenvalue weighted by Gasteiger charge is 2.36. The summed E-state index contributed by atoms with van der Waals surface area (Å²) in [4.78, 5) is 35.9. The van der Waals surface area contributed by atoms with Gasteiger partial charge in [-0.15, -0.1) is 0 Å². The standard InChI is InChI=1S/C32H42Br2N6O2/c33-25-16-24-2-1-23-17-28(35)27(34)18-26(23)31(30(24)37-19-25)39-13-7-22(8-14-39)21-5-11-38(12-6-21)29(41)15-20-3-9-40(10-4-20)32(36)42/h16-22,31H,1-15,35H2,(H2,36,42). The fourth-order valence-corrected chi connectivity index (χ4v) is 8.59. The summed E-state index contributed by atoms with van der Waals surface area (Å²) in [6, 6.07) is 6.41. The van der Waals surface area contributed by atoms with Crippen LogP contribution in [0, 0.1) is 17.8 Å². The van der Waals surface area contributed by atoms with E-state index in [4.69, 9.17) is 16.5 Å². The first-order chi connectivity index (χ1) is 20.3. The van der Waals surface area contributed by atoms with Gasteiger partial charge in [-0.2, -0.15) is 0 Å². The number of nitrogens with zero attached hydrogens (tertiary/aromatic N) is 4. The average Bonchev–Trinajstić information content (AvgIpc) is 3.14. The second-order valence-electron chi connectivity index (χ2n) is 12.7. The number of amides is 3. The molecule has 2 aromatic rings. The average molecular weight is 703 g/mol. The van der Waals surface area contributed by atoms with Crippen molar-refractivity contribution in [1.29, 1.82) is 0 Å². The molecule has 1 atom stereocenters. The zero-order valence-electron chi connectivity index (χ0n) is 24.2. The number of benzene rings is 1. The summed E-state index contributed by atoms with van der Waals surface area (Å²) in [6.45, 7) is 5.20. The Bertz CT molecular complexity index is 1310. The highest BCUT2D eigenvalue weighted by molar-refractivity contribution is 9.10. The lowest BCUT2D eigenvalue weighted by atomic mass is 9.78. The maximum Gasteiger partial charge on any atom is 0.314 e. The monoisotopic (exact) mass is 700 g/mol. The van der Waals surface area contributed by atoms with Crippen LogP contribution >= 0.6 is 31.9 Å². The molecule has 226 valence electrons. The molecule has 0 radical (unpaired) electrons. The fourth-order valence-electron chi connectivity index (χ4n) is 7.85. The molecule has 1 aromatic carbocycles. The molecule has 3 amide bonds. The van der Waals surface area contributed by atoms with Crippen molar-refractivity contribution in [2.75, 3.05) is 45.0 Å². The third-order valence-corrected chi connectivity index (χ3v) is 11.5. The number of carbonyl (C=O) groups excluding carboxylic acids is 2. The van der Waals surface area contributed by atoms with Crippen molar-refractivity contribution < 1.29 is 9.59 Å². The molecular formula is C32H42Br2N6O2. The van der Waals surface area contributed by atoms with E-state index in [1.165, 1.54) is 35.2 Å². The summed E-state index contributed by atoms with van der Waals surface area (Å²) in [5.41, 5.74) is 17.7. The number of anilines is 1. The van der Waals surface area contributed by atoms with Crippen LogP contribution in [-0.4, -0.2) is 70.9 Å². The van der Waals surface area contributed by atoms with Crippen molar-refractivity contribution in [2.24, 2.45) is 23.5 Å². The quantitative estimate of drug-likeness (QED) is 0.409. The van der Waals surface area contributed by atoms with Gasteiger partial charge in [-0.05, 0) is 149 Å². The molecule has 1 unspecified atom stereocenters. The lowest BCUT2D eigenvalue weighted by Gasteiger charge is -2.43. The van der Waals surface area contributed by atoms with Crippen molar-refractivity contribution in [3.63, 3.8) is 0 Å². The van der Waals surface area contributed by atoms with Crippen LogP contribution in [0.4, 0.5) is 10.5 Å². The first-order valence-corrected chi connectivity index (χ1v) is 17.1. The number of likely N-dealkylation sites (tertiary alicyclic amines) is 3. The molecule has 4 heterocycles. The number of primary amides is 1. The van der Waals surface area contributed by atoms with Crippen LogP contribution < -0.4 is 11.5 Å². The first-order valence-electron chi connectivity index (χ1n) is 15.5. The molecular weight excluding hydrogens is 660 g/mol. The molecule has 8 nitrogen and oxygen atoms in total. The number of rotatable bonds is 4. The Morgan fingerprint density at radius 3 is 2.12 bits per heavy atom. The second kappa shape index (κ2) is 12.8. The van der Waals surface area contributed by atoms with E-state index in [9.17, 15) is 9.59 Å². The van der Waals surface area contributed by atoms with Gasteiger partial charge < -0.3 is 21.3 Å². The lowest BCUT2D eigenvalue weighted by Crippen LogP contribution is -2.45. The summed E-state index contributed by atoms with van der Waals surface area (Å²) in [5, 5.41) is 0. The summed E-state index contributed by atoms with van der Waals surface area (Å²) < 4.78 is 1.99. The number of pyridine rings is 1. The number of nitrogens with two attached hydrogens (primary N) is 2. The van der Waals surface area contributed by atoms with Gasteiger partial charge in [0, 0.05) is 53.4 Å². The number of urea groups is 1. The maximum absolute atomic E-state index is 13.1. The van der Waals surface area contributed by atoms with Gasteiger partial charge in [0.15, 0.2) is 0 Å². The third-order valence-electron chi connectivity index (χ3n) is 10.3. The van der Waals surface area contributed by atoms with Crippen molar-refractivity contribution in [2.45, 2.75) is 63.8 Å². The molecule has 4 aliphatic rings. The fraction of sp³-hybridized carbons (Fsp3) is 0.594. The van der Waals surface area contributed by atoms with Crippen molar-refractivity contribution in [3.8, 4) is 0 Å². The largest absolute Gasteiger partial charge is 0.398 e. The van der Waals surface area contributed by atoms with Crippen LogP contribution in [0.5, 0.6) is 0 Å². The summed E-state index contributed by atoms with van der Waals surface area (Å²) in [7, 11) is 0. The molecule has 0 saturated carbocycles. The molecule has 42 heavy (non-hydrogen) atoms. The Hall–Kier alpha value is -2.17. The number of carbonyl (C=O) groups is 2. The first kappa shape index (κ1) is 29.9. The summed E-state index contributed by atoms with van der Waals surface area (Å²) in [6.07, 6.45) is 10.8. The second-order valence-corrected chi connectivity index (χ2v) is 14.5. The molecule has 4 N–H and O–H groups in total. The highest BCUT2D eigenvalue weighted by atomic mass is 79.9. The normalized spacial score (nSPS) is 22.9. The summed E-state index contributed by atoms with van der Waals surface area (Å²) in [5.74, 6) is 2.05. The molecule has 6 rings (SSSR count). The topological polar surface area (TPSA) is 109 Å². The van der Waals surface area contributed by atoms with E-state index in [0.29, 0.717) is 37.3 Å². The number of halogens is 2. The Morgan fingerprint density at radius 2 is 1.45 bits per heavy atom. The molecule has 1 aliphatic carbocycles. The van der Waals surface area contributed by atoms with Crippen LogP contribution in [0.15, 0.2) is 33.3 Å². The van der Waals surface area contributed by atoms with Crippen molar-refractivity contribution >= 4 is 49.5 Å². The number of piperidine rings is 3. The zero-order chi connectivity index (χ0) is 29.4. The maximum atomic E-state index is 13.1. The Balaban J connectivity index is 1.06. The number of fused-ring (bicyclic) bond motifs is 2. The minimum absolute atomic E-state index is 0.137. The van der Waals surface area contributed by atoms with Gasteiger partial charge in [0.05, 0.1) is 11.7 Å². The van der Waals surface area contributed by atoms with E-state index < -0.39 is 0 Å². The van der Waals surface area contributed by atoms with Gasteiger partial charge in [0.2, 0.25) is 5.91 Å². The van der Waals surface area contributed by atoms with E-state index in [0.717, 1.165) is 79.3 Å². The van der Waals surface area contributed by atoms with Gasteiger partial charge >= 0.3 is 6.03 Å². The number of aryl methyl sites for hydroxylation is 2. The number of nitrogen functional groups attached to an aromatic ring is 1. The van der Waals surface area contributed by atoms with Crippen LogP contribution in [0.3, 0.4) is 0 Å². The highest BCUT2D eigenvalue weighted by Crippen LogP contribution is 2.42. The van der Waals surface area contributed by atoms with Gasteiger partial charge in [-0.3, -0.25) is 14.7 Å². The van der Waals surface area contributed by atoms with Crippen LogP contribution in [0.2, 0.25) is 0 Å².